The van der Waals surface area contributed by atoms with Crippen LogP contribution in [-0.2, 0) is 0 Å². The average Bonchev–Trinajstić information content (AvgIpc) is 3.05. The van der Waals surface area contributed by atoms with Crippen molar-refractivity contribution >= 4 is 27.3 Å². The molecule has 5 heteroatoms. The molecule has 4 nitrogen and oxygen atoms in total. The number of methoxy groups -OCH3 is 2. The summed E-state index contributed by atoms with van der Waals surface area (Å²) in [5, 5.41) is 5.94. The van der Waals surface area contributed by atoms with Crippen molar-refractivity contribution in [2.24, 2.45) is 0 Å². The Hall–Kier alpha value is -2.53. The summed E-state index contributed by atoms with van der Waals surface area (Å²) in [6.07, 6.45) is 0. The Morgan fingerprint density at radius 1 is 1.08 bits per heavy atom. The second-order valence-corrected chi connectivity index (χ2v) is 6.37. The SMILES string of the molecule is COc1ccc([C@@H](C)NC(=O)c2csc3ccccc23)cc1OC. The topological polar surface area (TPSA) is 47.6 Å². The van der Waals surface area contributed by atoms with Gasteiger partial charge in [0.2, 0.25) is 0 Å². The number of benzene rings is 2. The van der Waals surface area contributed by atoms with E-state index in [2.05, 4.69) is 5.32 Å². The predicted molar refractivity (Wildman–Crippen MR) is 97.3 cm³/mol. The maximum atomic E-state index is 12.6. The van der Waals surface area contributed by atoms with Gasteiger partial charge in [0.1, 0.15) is 0 Å². The first-order chi connectivity index (χ1) is 11.6. The number of hydrogen-bond acceptors (Lipinski definition) is 4. The number of hydrogen-bond donors (Lipinski definition) is 1. The Kier molecular flexibility index (Phi) is 4.71. The van der Waals surface area contributed by atoms with Gasteiger partial charge in [-0.25, -0.2) is 0 Å². The number of nitrogens with one attached hydrogen (secondary N) is 1. The summed E-state index contributed by atoms with van der Waals surface area (Å²) in [6, 6.07) is 13.4. The Bertz CT molecular complexity index is 872. The van der Waals surface area contributed by atoms with Gasteiger partial charge in [-0.2, -0.15) is 0 Å². The summed E-state index contributed by atoms with van der Waals surface area (Å²) in [5.41, 5.74) is 1.67. The molecule has 3 aromatic rings. The van der Waals surface area contributed by atoms with Gasteiger partial charge < -0.3 is 14.8 Å². The van der Waals surface area contributed by atoms with Crippen molar-refractivity contribution in [3.8, 4) is 11.5 Å². The number of carbonyl (C=O) groups excluding carboxylic acids is 1. The van der Waals surface area contributed by atoms with E-state index in [1.165, 1.54) is 0 Å². The molecule has 0 unspecified atom stereocenters. The van der Waals surface area contributed by atoms with Gasteiger partial charge >= 0.3 is 0 Å². The Labute approximate surface area is 145 Å². The highest BCUT2D eigenvalue weighted by Gasteiger charge is 2.16. The fraction of sp³-hybridized carbons (Fsp3) is 0.211. The molecule has 1 aromatic heterocycles. The van der Waals surface area contributed by atoms with Crippen LogP contribution in [0.15, 0.2) is 47.8 Å². The van der Waals surface area contributed by atoms with E-state index in [0.717, 1.165) is 15.6 Å². The van der Waals surface area contributed by atoms with Crippen molar-refractivity contribution < 1.29 is 14.3 Å². The van der Waals surface area contributed by atoms with Crippen molar-refractivity contribution in [3.63, 3.8) is 0 Å². The molecule has 124 valence electrons. The third kappa shape index (κ3) is 3.08. The molecule has 2 aromatic carbocycles. The smallest absolute Gasteiger partial charge is 0.253 e. The third-order valence-electron chi connectivity index (χ3n) is 3.98. The minimum Gasteiger partial charge on any atom is -0.493 e. The van der Waals surface area contributed by atoms with Gasteiger partial charge in [0, 0.05) is 15.5 Å². The fourth-order valence-corrected chi connectivity index (χ4v) is 3.57. The van der Waals surface area contributed by atoms with E-state index in [4.69, 9.17) is 9.47 Å². The van der Waals surface area contributed by atoms with Gasteiger partial charge in [-0.15, -0.1) is 11.3 Å². The highest BCUT2D eigenvalue weighted by atomic mass is 32.1. The molecule has 0 aliphatic rings. The molecule has 1 N–H and O–H groups in total. The van der Waals surface area contributed by atoms with E-state index in [0.29, 0.717) is 17.1 Å². The van der Waals surface area contributed by atoms with Crippen molar-refractivity contribution in [2.75, 3.05) is 14.2 Å². The second-order valence-electron chi connectivity index (χ2n) is 5.46. The van der Waals surface area contributed by atoms with Gasteiger partial charge in [-0.05, 0) is 30.7 Å². The van der Waals surface area contributed by atoms with Crippen LogP contribution in [0.4, 0.5) is 0 Å². The molecule has 0 saturated heterocycles. The van der Waals surface area contributed by atoms with E-state index >= 15 is 0 Å². The van der Waals surface area contributed by atoms with Crippen molar-refractivity contribution in [2.45, 2.75) is 13.0 Å². The van der Waals surface area contributed by atoms with Gasteiger partial charge in [-0.3, -0.25) is 4.79 Å². The van der Waals surface area contributed by atoms with Gasteiger partial charge in [0.25, 0.3) is 5.91 Å². The molecule has 0 spiro atoms. The maximum absolute atomic E-state index is 12.6. The molecule has 24 heavy (non-hydrogen) atoms. The molecule has 0 aliphatic heterocycles. The van der Waals surface area contributed by atoms with E-state index in [1.807, 2.05) is 54.8 Å². The summed E-state index contributed by atoms with van der Waals surface area (Å²) < 4.78 is 11.7. The molecule has 0 bridgehead atoms. The lowest BCUT2D eigenvalue weighted by atomic mass is 10.1. The van der Waals surface area contributed by atoms with Crippen LogP contribution in [0.5, 0.6) is 11.5 Å². The maximum Gasteiger partial charge on any atom is 0.253 e. The monoisotopic (exact) mass is 341 g/mol. The summed E-state index contributed by atoms with van der Waals surface area (Å²) in [7, 11) is 3.20. The lowest BCUT2D eigenvalue weighted by molar-refractivity contribution is 0.0942. The zero-order valence-electron chi connectivity index (χ0n) is 13.8. The molecule has 0 fully saturated rings. The molecular formula is C19H19NO3S. The van der Waals surface area contributed by atoms with E-state index < -0.39 is 0 Å². The third-order valence-corrected chi connectivity index (χ3v) is 4.94. The molecule has 0 aliphatic carbocycles. The standard InChI is InChI=1S/C19H19NO3S/c1-12(13-8-9-16(22-2)17(10-13)23-3)20-19(21)15-11-24-18-7-5-4-6-14(15)18/h4-12H,1-3H3,(H,20,21)/t12-/m1/s1. The van der Waals surface area contributed by atoms with Crippen LogP contribution < -0.4 is 14.8 Å². The number of carbonyl (C=O) groups is 1. The molecule has 0 saturated carbocycles. The van der Waals surface area contributed by atoms with Crippen molar-refractivity contribution in [3.05, 3.63) is 59.0 Å². The number of amides is 1. The largest absolute Gasteiger partial charge is 0.493 e. The lowest BCUT2D eigenvalue weighted by Gasteiger charge is -2.16. The van der Waals surface area contributed by atoms with E-state index in [-0.39, 0.29) is 11.9 Å². The van der Waals surface area contributed by atoms with E-state index in [9.17, 15) is 4.79 Å². The minimum absolute atomic E-state index is 0.0743. The average molecular weight is 341 g/mol. The summed E-state index contributed by atoms with van der Waals surface area (Å²) in [4.78, 5) is 12.6. The van der Waals surface area contributed by atoms with Crippen LogP contribution in [0.25, 0.3) is 10.1 Å². The van der Waals surface area contributed by atoms with Crippen LogP contribution in [0.1, 0.15) is 28.9 Å². The quantitative estimate of drug-likeness (QED) is 0.748. The zero-order valence-corrected chi connectivity index (χ0v) is 14.6. The zero-order chi connectivity index (χ0) is 17.1. The molecule has 1 heterocycles. The van der Waals surface area contributed by atoms with Crippen LogP contribution in [0.2, 0.25) is 0 Å². The molecule has 0 radical (unpaired) electrons. The first-order valence-corrected chi connectivity index (χ1v) is 8.51. The Balaban J connectivity index is 1.81. The Morgan fingerprint density at radius 3 is 2.58 bits per heavy atom. The molecular weight excluding hydrogens is 322 g/mol. The summed E-state index contributed by atoms with van der Waals surface area (Å²) in [6.45, 7) is 1.95. The molecule has 1 atom stereocenters. The highest BCUT2D eigenvalue weighted by Crippen LogP contribution is 2.30. The second kappa shape index (κ2) is 6.93. The summed E-state index contributed by atoms with van der Waals surface area (Å²) >= 11 is 1.58. The first kappa shape index (κ1) is 16.3. The fourth-order valence-electron chi connectivity index (χ4n) is 2.63. The summed E-state index contributed by atoms with van der Waals surface area (Å²) in [5.74, 6) is 1.25. The van der Waals surface area contributed by atoms with Crippen LogP contribution >= 0.6 is 11.3 Å². The van der Waals surface area contributed by atoms with E-state index in [1.54, 1.807) is 25.6 Å². The normalized spacial score (nSPS) is 12.0. The Morgan fingerprint density at radius 2 is 1.83 bits per heavy atom. The van der Waals surface area contributed by atoms with Crippen LogP contribution in [0.3, 0.4) is 0 Å². The minimum atomic E-state index is -0.143. The molecule has 3 rings (SSSR count). The van der Waals surface area contributed by atoms with Crippen molar-refractivity contribution in [1.29, 1.82) is 0 Å². The number of rotatable bonds is 5. The lowest BCUT2D eigenvalue weighted by Crippen LogP contribution is -2.26. The molecule has 1 amide bonds. The highest BCUT2D eigenvalue weighted by molar-refractivity contribution is 7.17. The van der Waals surface area contributed by atoms with Gasteiger partial charge in [-0.1, -0.05) is 24.3 Å². The number of thiophene rings is 1. The predicted octanol–water partition coefficient (Wildman–Crippen LogP) is 4.41. The van der Waals surface area contributed by atoms with Crippen molar-refractivity contribution in [1.82, 2.24) is 5.32 Å². The number of fused-ring (bicyclic) bond motifs is 1. The number of ether oxygens (including phenoxy) is 2. The van der Waals surface area contributed by atoms with Crippen LogP contribution in [0, 0.1) is 0 Å². The van der Waals surface area contributed by atoms with Gasteiger partial charge in [0.15, 0.2) is 11.5 Å². The first-order valence-electron chi connectivity index (χ1n) is 7.63. The van der Waals surface area contributed by atoms with Gasteiger partial charge in [0.05, 0.1) is 25.8 Å². The van der Waals surface area contributed by atoms with Crippen LogP contribution in [-0.4, -0.2) is 20.1 Å².